The Morgan fingerprint density at radius 1 is 0.188 bits per heavy atom. The van der Waals surface area contributed by atoms with Gasteiger partial charge in [0, 0.05) is 82.4 Å². The molecule has 0 amide bonds. The van der Waals surface area contributed by atoms with Gasteiger partial charge in [0.2, 0.25) is 0 Å². The maximum Gasteiger partial charge on any atom is 0.160 e. The van der Waals surface area contributed by atoms with Gasteiger partial charge in [0.25, 0.3) is 0 Å². The normalized spacial score (nSPS) is 12.0. The van der Waals surface area contributed by atoms with E-state index >= 15 is 0 Å². The summed E-state index contributed by atoms with van der Waals surface area (Å²) in [7, 11) is 0. The van der Waals surface area contributed by atoms with Crippen LogP contribution in [0, 0.1) is 0 Å². The van der Waals surface area contributed by atoms with Crippen molar-refractivity contribution in [3.05, 3.63) is 340 Å². The summed E-state index contributed by atoms with van der Waals surface area (Å²) in [6.07, 6.45) is 0. The summed E-state index contributed by atoms with van der Waals surface area (Å²) in [5.41, 5.74) is 24.1. The molecule has 0 aliphatic carbocycles. The molecule has 20 aromatic rings. The zero-order valence-corrected chi connectivity index (χ0v) is 52.0. The molecule has 0 saturated carbocycles. The van der Waals surface area contributed by atoms with Crippen LogP contribution in [0.1, 0.15) is 0 Å². The zero-order valence-electron chi connectivity index (χ0n) is 52.0. The van der Waals surface area contributed by atoms with Crippen LogP contribution in [-0.4, -0.2) is 28.2 Å². The minimum atomic E-state index is 0.641. The van der Waals surface area contributed by atoms with Crippen LogP contribution in [0.4, 0.5) is 0 Å². The second-order valence-corrected chi connectivity index (χ2v) is 25.3. The van der Waals surface area contributed by atoms with E-state index in [1.165, 1.54) is 81.8 Å². The Hall–Kier alpha value is -12.9. The van der Waals surface area contributed by atoms with E-state index in [0.717, 1.165) is 100 Å². The lowest BCUT2D eigenvalue weighted by atomic mass is 9.98. The van der Waals surface area contributed by atoms with Crippen molar-refractivity contribution in [2.24, 2.45) is 0 Å². The maximum atomic E-state index is 5.76. The molecular formula is C90H56N6. The molecule has 15 aromatic carbocycles. The fourth-order valence-electron chi connectivity index (χ4n) is 15.6. The van der Waals surface area contributed by atoms with Crippen LogP contribution < -0.4 is 0 Å². The number of rotatable bonds is 9. The fraction of sp³-hybridized carbons (Fsp3) is 0. The van der Waals surface area contributed by atoms with E-state index in [9.17, 15) is 0 Å². The van der Waals surface area contributed by atoms with Gasteiger partial charge < -0.3 is 18.3 Å². The Balaban J connectivity index is 0.800. The number of para-hydroxylation sites is 6. The third-order valence-corrected chi connectivity index (χ3v) is 19.9. The second kappa shape index (κ2) is 21.3. The van der Waals surface area contributed by atoms with Crippen molar-refractivity contribution in [2.45, 2.75) is 0 Å². The van der Waals surface area contributed by atoms with E-state index in [2.05, 4.69) is 358 Å². The Morgan fingerprint density at radius 2 is 0.521 bits per heavy atom. The highest BCUT2D eigenvalue weighted by Gasteiger charge is 2.23. The average Bonchev–Trinajstić information content (AvgIpc) is 1.57. The highest BCUT2D eigenvalue weighted by atomic mass is 15.0. The summed E-state index contributed by atoms with van der Waals surface area (Å²) in [4.78, 5) is 11.4. The van der Waals surface area contributed by atoms with Crippen molar-refractivity contribution in [1.29, 1.82) is 0 Å². The zero-order chi connectivity index (χ0) is 63.0. The molecule has 96 heavy (non-hydrogen) atoms. The first-order valence-electron chi connectivity index (χ1n) is 32.9. The van der Waals surface area contributed by atoms with Gasteiger partial charge in [-0.25, -0.2) is 9.97 Å². The minimum Gasteiger partial charge on any atom is -0.309 e. The van der Waals surface area contributed by atoms with Gasteiger partial charge in [-0.15, -0.1) is 0 Å². The molecule has 0 saturated heterocycles. The predicted octanol–water partition coefficient (Wildman–Crippen LogP) is 23.5. The van der Waals surface area contributed by atoms with Crippen LogP contribution >= 0.6 is 0 Å². The van der Waals surface area contributed by atoms with Gasteiger partial charge in [-0.05, 0) is 165 Å². The van der Waals surface area contributed by atoms with E-state index in [0.29, 0.717) is 5.82 Å². The van der Waals surface area contributed by atoms with Gasteiger partial charge >= 0.3 is 0 Å². The van der Waals surface area contributed by atoms with E-state index in [-0.39, 0.29) is 0 Å². The highest BCUT2D eigenvalue weighted by molar-refractivity contribution is 6.16. The van der Waals surface area contributed by atoms with Crippen LogP contribution in [0.5, 0.6) is 0 Å². The quantitative estimate of drug-likeness (QED) is 0.135. The lowest BCUT2D eigenvalue weighted by molar-refractivity contribution is 1.13. The smallest absolute Gasteiger partial charge is 0.160 e. The largest absolute Gasteiger partial charge is 0.309 e. The topological polar surface area (TPSA) is 45.5 Å². The molecule has 0 aliphatic rings. The molecule has 0 bridgehead atoms. The Kier molecular flexibility index (Phi) is 11.9. The van der Waals surface area contributed by atoms with Crippen molar-refractivity contribution < 1.29 is 0 Å². The molecule has 6 heteroatoms. The average molecular weight is 1220 g/mol. The number of hydrogen-bond acceptors (Lipinski definition) is 2. The maximum absolute atomic E-state index is 5.76. The molecule has 0 N–H and O–H groups in total. The van der Waals surface area contributed by atoms with Gasteiger partial charge in [0.05, 0.1) is 55.3 Å². The number of benzene rings is 15. The fourth-order valence-corrected chi connectivity index (χ4v) is 15.6. The molecule has 20 rings (SSSR count). The molecular weight excluding hydrogens is 1170 g/mol. The molecule has 0 spiro atoms. The van der Waals surface area contributed by atoms with E-state index in [1.54, 1.807) is 0 Å². The Bertz CT molecular complexity index is 6260. The monoisotopic (exact) mass is 1220 g/mol. The molecule has 0 aliphatic heterocycles. The molecule has 0 radical (unpaired) electrons. The van der Waals surface area contributed by atoms with Gasteiger partial charge in [-0.2, -0.15) is 0 Å². The van der Waals surface area contributed by atoms with Crippen molar-refractivity contribution in [2.75, 3.05) is 0 Å². The van der Waals surface area contributed by atoms with E-state index < -0.39 is 0 Å². The summed E-state index contributed by atoms with van der Waals surface area (Å²) in [6, 6.07) is 124. The van der Waals surface area contributed by atoms with Crippen LogP contribution in [0.2, 0.25) is 0 Å². The molecule has 0 unspecified atom stereocenters. The van der Waals surface area contributed by atoms with Crippen molar-refractivity contribution in [3.63, 3.8) is 0 Å². The summed E-state index contributed by atoms with van der Waals surface area (Å²) in [5.74, 6) is 0.641. The highest BCUT2D eigenvalue weighted by Crippen LogP contribution is 2.44. The molecule has 0 fully saturated rings. The lowest BCUT2D eigenvalue weighted by Crippen LogP contribution is -2.02. The molecule has 6 nitrogen and oxygen atoms in total. The van der Waals surface area contributed by atoms with E-state index in [4.69, 9.17) is 9.97 Å². The van der Waals surface area contributed by atoms with Gasteiger partial charge in [-0.1, -0.05) is 218 Å². The van der Waals surface area contributed by atoms with Crippen LogP contribution in [-0.2, 0) is 0 Å². The van der Waals surface area contributed by atoms with Crippen molar-refractivity contribution in [3.8, 4) is 78.8 Å². The lowest BCUT2D eigenvalue weighted by Gasteiger charge is -2.17. The summed E-state index contributed by atoms with van der Waals surface area (Å²) >= 11 is 0. The molecule has 5 aromatic heterocycles. The van der Waals surface area contributed by atoms with Crippen molar-refractivity contribution in [1.82, 2.24) is 28.2 Å². The van der Waals surface area contributed by atoms with E-state index in [1.807, 2.05) is 0 Å². The van der Waals surface area contributed by atoms with Gasteiger partial charge in [0.1, 0.15) is 0 Å². The third-order valence-electron chi connectivity index (χ3n) is 19.9. The van der Waals surface area contributed by atoms with Crippen LogP contribution in [0.15, 0.2) is 340 Å². The predicted molar refractivity (Wildman–Crippen MR) is 402 cm³/mol. The Morgan fingerprint density at radius 3 is 0.958 bits per heavy atom. The van der Waals surface area contributed by atoms with Gasteiger partial charge in [0.15, 0.2) is 5.82 Å². The standard InChI is InChI=1S/C90H56N6/c1-4-20-57(21-5-1)58-36-38-60(39-37-58)89-88-70-27-11-10-22-59(70)40-45-79(88)91-90(92-89)65-50-68(95-82-34-18-14-30-73(82)77-54-63(43-48-86(77)95)61-41-46-84-75(52-61)71-28-12-16-32-80(71)93(84)66-23-6-2-7-24-66)56-69(51-65)96-83-35-19-15-31-74(83)78-55-64(44-49-87(78)96)62-42-47-85-76(53-62)72-29-13-17-33-81(72)94(85)67-25-8-3-9-26-67/h1-56H. The second-order valence-electron chi connectivity index (χ2n) is 25.3. The first-order valence-corrected chi connectivity index (χ1v) is 32.9. The molecule has 446 valence electrons. The third kappa shape index (κ3) is 8.39. The summed E-state index contributed by atoms with van der Waals surface area (Å²) in [5, 5.41) is 12.9. The van der Waals surface area contributed by atoms with Crippen molar-refractivity contribution >= 4 is 109 Å². The van der Waals surface area contributed by atoms with Crippen LogP contribution in [0.25, 0.3) is 188 Å². The SMILES string of the molecule is c1ccc(-c2ccc(-c3nc(-c4cc(-n5c6ccccc6c6cc(-c7ccc8c(c7)c7ccccc7n8-c7ccccc7)ccc65)cc(-n5c6ccccc6c6cc(-c7ccc8c(c7)c7ccccc7n8-c7ccccc7)ccc65)c4)nc4ccc5ccccc5c34)cc2)cc1. The summed E-state index contributed by atoms with van der Waals surface area (Å²) in [6.45, 7) is 0. The van der Waals surface area contributed by atoms with Crippen LogP contribution in [0.3, 0.4) is 0 Å². The first kappa shape index (κ1) is 53.7. The number of hydrogen-bond donors (Lipinski definition) is 0. The van der Waals surface area contributed by atoms with Gasteiger partial charge in [-0.3, -0.25) is 0 Å². The Labute approximate surface area is 552 Å². The summed E-state index contributed by atoms with van der Waals surface area (Å²) < 4.78 is 9.67. The molecule has 0 atom stereocenters. The molecule has 5 heterocycles. The number of fused-ring (bicyclic) bond motifs is 15. The first-order chi connectivity index (χ1) is 47.6. The number of nitrogens with zero attached hydrogens (tertiary/aromatic N) is 6. The minimum absolute atomic E-state index is 0.641. The number of aromatic nitrogens is 6.